The number of carboxylic acids is 1. The van der Waals surface area contributed by atoms with Gasteiger partial charge >= 0.3 is 5.97 Å². The Kier molecular flexibility index (Phi) is 6.87. The van der Waals surface area contributed by atoms with Gasteiger partial charge in [-0.05, 0) is 55.1 Å². The molecule has 7 aliphatic rings. The third-order valence-electron chi connectivity index (χ3n) is 11.1. The fourth-order valence-corrected chi connectivity index (χ4v) is 9.85. The van der Waals surface area contributed by atoms with Gasteiger partial charge in [0.15, 0.2) is 11.5 Å². The van der Waals surface area contributed by atoms with Gasteiger partial charge in [-0.3, -0.25) is 14.7 Å². The Morgan fingerprint density at radius 3 is 2.64 bits per heavy atom. The minimum absolute atomic E-state index is 0.0242. The number of benzene rings is 2. The van der Waals surface area contributed by atoms with Gasteiger partial charge in [0, 0.05) is 48.0 Å². The molecule has 236 valence electrons. The number of piperidine rings is 2. The Bertz CT molecular complexity index is 1680. The van der Waals surface area contributed by atoms with Crippen LogP contribution in [-0.4, -0.2) is 86.2 Å². The summed E-state index contributed by atoms with van der Waals surface area (Å²) in [5.41, 5.74) is 4.67. The van der Waals surface area contributed by atoms with Crippen LogP contribution >= 0.6 is 23.2 Å². The van der Waals surface area contributed by atoms with Gasteiger partial charge in [-0.25, -0.2) is 4.79 Å². The number of hydrazone groups is 1. The summed E-state index contributed by atoms with van der Waals surface area (Å²) >= 11 is 11.8. The first-order valence-electron chi connectivity index (χ1n) is 15.4. The number of rotatable bonds is 4. The van der Waals surface area contributed by atoms with Crippen molar-refractivity contribution in [3.63, 3.8) is 0 Å². The molecule has 2 bridgehead atoms. The van der Waals surface area contributed by atoms with Crippen LogP contribution in [0.2, 0.25) is 10.0 Å². The number of hydrogen-bond acceptors (Lipinski definition) is 8. The zero-order valence-corrected chi connectivity index (χ0v) is 26.6. The van der Waals surface area contributed by atoms with Crippen LogP contribution in [0.1, 0.15) is 31.2 Å². The smallest absolute Gasteiger partial charge is 0.352 e. The number of nitrogens with zero attached hydrogens (tertiary/aromatic N) is 4. The molecule has 12 heteroatoms. The predicted octanol–water partition coefficient (Wildman–Crippen LogP) is 4.75. The minimum Gasteiger partial charge on any atom is -0.493 e. The molecule has 0 aromatic heterocycles. The number of amides is 1. The summed E-state index contributed by atoms with van der Waals surface area (Å²) in [4.78, 5) is 29.0. The fourth-order valence-electron chi connectivity index (χ4n) is 9.34. The normalized spacial score (nSPS) is 31.8. The first-order valence-corrected chi connectivity index (χ1v) is 16.2. The summed E-state index contributed by atoms with van der Waals surface area (Å²) in [6.45, 7) is 3.32. The summed E-state index contributed by atoms with van der Waals surface area (Å²) in [5.74, 6) is 1.58. The van der Waals surface area contributed by atoms with Gasteiger partial charge in [0.05, 0.1) is 55.8 Å². The topological polar surface area (TPSA) is 104 Å². The second kappa shape index (κ2) is 10.6. The Hall–Kier alpha value is -3.31. The molecule has 2 aromatic rings. The molecule has 6 atom stereocenters. The average molecular weight is 654 g/mol. The van der Waals surface area contributed by atoms with Crippen molar-refractivity contribution in [3.8, 4) is 11.5 Å². The number of carboxylic acid groups (broad SMARTS) is 1. The molecule has 6 heterocycles. The average Bonchev–Trinajstić information content (AvgIpc) is 3.71. The number of anilines is 2. The number of halogens is 2. The molecular weight excluding hydrogens is 619 g/mol. The van der Waals surface area contributed by atoms with E-state index in [1.54, 1.807) is 43.0 Å². The molecule has 3 saturated heterocycles. The fraction of sp³-hybridized carbons (Fsp3) is 0.485. The van der Waals surface area contributed by atoms with Crippen molar-refractivity contribution < 1.29 is 28.9 Å². The van der Waals surface area contributed by atoms with Crippen molar-refractivity contribution in [1.29, 1.82) is 0 Å². The number of hydrogen-bond donors (Lipinski definition) is 1. The van der Waals surface area contributed by atoms with E-state index in [2.05, 4.69) is 27.0 Å². The van der Waals surface area contributed by atoms with Crippen LogP contribution in [-0.2, 0) is 19.7 Å². The lowest BCUT2D eigenvalue weighted by Gasteiger charge is -2.58. The molecule has 1 amide bonds. The lowest BCUT2D eigenvalue weighted by Crippen LogP contribution is -2.69. The van der Waals surface area contributed by atoms with Crippen molar-refractivity contribution in [3.05, 3.63) is 57.6 Å². The van der Waals surface area contributed by atoms with Crippen LogP contribution in [0.5, 0.6) is 11.5 Å². The Morgan fingerprint density at radius 1 is 1.11 bits per heavy atom. The third-order valence-corrected chi connectivity index (χ3v) is 11.6. The molecule has 9 rings (SSSR count). The quantitative estimate of drug-likeness (QED) is 0.472. The number of carbonyl (C=O) groups excluding carboxylic acids is 1. The Labute approximate surface area is 271 Å². The highest BCUT2D eigenvalue weighted by Crippen LogP contribution is 2.66. The summed E-state index contributed by atoms with van der Waals surface area (Å²) < 4.78 is 17.6. The van der Waals surface area contributed by atoms with Gasteiger partial charge in [-0.2, -0.15) is 5.10 Å². The number of methoxy groups -OCH3 is 2. The Balaban J connectivity index is 0.000000160. The summed E-state index contributed by atoms with van der Waals surface area (Å²) in [6.07, 6.45) is 5.52. The molecule has 1 spiro atoms. The van der Waals surface area contributed by atoms with E-state index in [1.165, 1.54) is 12.0 Å². The highest BCUT2D eigenvalue weighted by atomic mass is 35.5. The molecular formula is C33H34Cl2N4O6. The maximum atomic E-state index is 13.5. The van der Waals surface area contributed by atoms with Crippen molar-refractivity contribution in [2.24, 2.45) is 16.9 Å². The van der Waals surface area contributed by atoms with Gasteiger partial charge < -0.3 is 24.2 Å². The van der Waals surface area contributed by atoms with E-state index < -0.39 is 5.97 Å². The zero-order chi connectivity index (χ0) is 31.2. The van der Waals surface area contributed by atoms with E-state index >= 15 is 0 Å². The van der Waals surface area contributed by atoms with Crippen molar-refractivity contribution >= 4 is 52.2 Å². The van der Waals surface area contributed by atoms with Crippen LogP contribution in [0.15, 0.2) is 47.1 Å². The van der Waals surface area contributed by atoms with E-state index in [-0.39, 0.29) is 29.2 Å². The van der Waals surface area contributed by atoms with Crippen LogP contribution in [0.4, 0.5) is 11.4 Å². The third kappa shape index (κ3) is 4.18. The monoisotopic (exact) mass is 652 g/mol. The SMILES string of the molecule is COc1cc2c(cc1OC)[C@@]13CCN4CC5=CCO[C@H]6CC(=O)N2[C@H]1[C@H]6[C@H]5C[C@H]43.O=C(O)C1=NN(c2ccc(Cl)cc2Cl)CC1. The number of fused-ring (bicyclic) bond motifs is 2. The largest absolute Gasteiger partial charge is 0.493 e. The van der Waals surface area contributed by atoms with Gasteiger partial charge in [0.1, 0.15) is 5.71 Å². The van der Waals surface area contributed by atoms with E-state index in [0.717, 1.165) is 30.9 Å². The number of carbonyl (C=O) groups is 2. The van der Waals surface area contributed by atoms with Crippen LogP contribution < -0.4 is 19.4 Å². The molecule has 4 fully saturated rings. The molecule has 0 unspecified atom stereocenters. The summed E-state index contributed by atoms with van der Waals surface area (Å²) in [7, 11) is 3.36. The van der Waals surface area contributed by atoms with E-state index in [4.69, 9.17) is 42.5 Å². The maximum Gasteiger partial charge on any atom is 0.352 e. The lowest BCUT2D eigenvalue weighted by atomic mass is 9.53. The highest BCUT2D eigenvalue weighted by Gasteiger charge is 2.71. The summed E-state index contributed by atoms with van der Waals surface area (Å²) in [6, 6.07) is 9.89. The first-order chi connectivity index (χ1) is 21.7. The molecule has 10 nitrogen and oxygen atoms in total. The number of ether oxygens (including phenoxy) is 3. The lowest BCUT2D eigenvalue weighted by molar-refractivity contribution is -0.132. The van der Waals surface area contributed by atoms with E-state index in [1.807, 2.05) is 6.07 Å². The van der Waals surface area contributed by atoms with E-state index in [0.29, 0.717) is 65.4 Å². The summed E-state index contributed by atoms with van der Waals surface area (Å²) in [5, 5.41) is 15.3. The molecule has 1 aliphatic carbocycles. The van der Waals surface area contributed by atoms with Gasteiger partial charge in [0.25, 0.3) is 0 Å². The number of aliphatic carboxylic acids is 1. The molecule has 2 aromatic carbocycles. The van der Waals surface area contributed by atoms with Crippen molar-refractivity contribution in [2.75, 3.05) is 50.4 Å². The first kappa shape index (κ1) is 29.1. The molecule has 45 heavy (non-hydrogen) atoms. The second-order valence-electron chi connectivity index (χ2n) is 12.8. The zero-order valence-electron chi connectivity index (χ0n) is 25.0. The van der Waals surface area contributed by atoms with Gasteiger partial charge in [-0.1, -0.05) is 34.9 Å². The molecule has 6 aliphatic heterocycles. The van der Waals surface area contributed by atoms with E-state index in [9.17, 15) is 9.59 Å². The highest BCUT2D eigenvalue weighted by molar-refractivity contribution is 6.37. The molecule has 1 saturated carbocycles. The van der Waals surface area contributed by atoms with Crippen LogP contribution in [0.25, 0.3) is 0 Å². The van der Waals surface area contributed by atoms with Gasteiger partial charge in [0.2, 0.25) is 5.91 Å². The van der Waals surface area contributed by atoms with Crippen molar-refractivity contribution in [1.82, 2.24) is 4.90 Å². The van der Waals surface area contributed by atoms with Crippen LogP contribution in [0.3, 0.4) is 0 Å². The maximum absolute atomic E-state index is 13.5. The Morgan fingerprint density at radius 2 is 1.91 bits per heavy atom. The standard InChI is InChI=1S/C23H26N2O4.C10H8Cl2N2O2/c1-27-16-8-14-15(9-17(16)28-2)25-20(26)10-18-21-13-7-19-23(14,22(21)25)4-5-24(19)11-12(13)3-6-29-18;11-6-1-2-9(7(12)5-6)14-4-3-8(13-14)10(15)16/h3,8-9,13,18-19,21-22H,4-7,10-11H2,1-2H3;1-2,5H,3-4H2,(H,15,16)/t13-,18-,19-,21-,22-,23+;/m0./s1. The van der Waals surface area contributed by atoms with Crippen LogP contribution in [0, 0.1) is 11.8 Å². The van der Waals surface area contributed by atoms with Gasteiger partial charge in [-0.15, -0.1) is 0 Å². The second-order valence-corrected chi connectivity index (χ2v) is 13.6. The van der Waals surface area contributed by atoms with Crippen molar-refractivity contribution in [2.45, 2.75) is 49.3 Å². The molecule has 0 radical (unpaired) electrons. The minimum atomic E-state index is -0.993. The predicted molar refractivity (Wildman–Crippen MR) is 170 cm³/mol. The molecule has 1 N–H and O–H groups in total.